The highest BCUT2D eigenvalue weighted by Crippen LogP contribution is 2.25. The molecule has 0 aliphatic rings. The molecule has 0 radical (unpaired) electrons. The second-order valence-electron chi connectivity index (χ2n) is 6.41. The first kappa shape index (κ1) is 17.4. The zero-order valence-corrected chi connectivity index (χ0v) is 15.9. The first-order valence-corrected chi connectivity index (χ1v) is 9.86. The number of rotatable bonds is 6. The van der Waals surface area contributed by atoms with E-state index in [0.29, 0.717) is 5.13 Å². The second-order valence-corrected chi connectivity index (χ2v) is 7.27. The minimum Gasteiger partial charge on any atom is -0.307 e. The van der Waals surface area contributed by atoms with E-state index in [1.807, 2.05) is 40.4 Å². The molecule has 0 fully saturated rings. The molecular weight excluding hydrogens is 356 g/mol. The number of benzene rings is 1. The standard InChI is InChI=1S/C21H20N4OS/c1-2-5-15-7-9-16(10-8-15)18-14-27-21(23-18)24-20(26)12-17-13-25-11-4-3-6-19(25)22-17/h3-4,6-11,13-14H,2,5,12H2,1H3,(H,23,24,26). The number of aromatic nitrogens is 3. The molecule has 1 amide bonds. The van der Waals surface area contributed by atoms with E-state index in [-0.39, 0.29) is 12.3 Å². The number of fused-ring (bicyclic) bond motifs is 1. The highest BCUT2D eigenvalue weighted by molar-refractivity contribution is 7.14. The number of thiazole rings is 1. The van der Waals surface area contributed by atoms with E-state index in [9.17, 15) is 4.79 Å². The number of aryl methyl sites for hydroxylation is 1. The molecule has 4 aromatic rings. The molecule has 0 unspecified atom stereocenters. The zero-order valence-electron chi connectivity index (χ0n) is 15.1. The van der Waals surface area contributed by atoms with Gasteiger partial charge in [-0.25, -0.2) is 9.97 Å². The van der Waals surface area contributed by atoms with Gasteiger partial charge in [-0.15, -0.1) is 11.3 Å². The van der Waals surface area contributed by atoms with Gasteiger partial charge in [0.2, 0.25) is 5.91 Å². The van der Waals surface area contributed by atoms with Crippen LogP contribution in [-0.4, -0.2) is 20.3 Å². The van der Waals surface area contributed by atoms with Crippen LogP contribution in [0.25, 0.3) is 16.9 Å². The lowest BCUT2D eigenvalue weighted by atomic mass is 10.1. The Hall–Kier alpha value is -2.99. The number of amides is 1. The highest BCUT2D eigenvalue weighted by atomic mass is 32.1. The van der Waals surface area contributed by atoms with Gasteiger partial charge >= 0.3 is 0 Å². The van der Waals surface area contributed by atoms with E-state index in [4.69, 9.17) is 0 Å². The summed E-state index contributed by atoms with van der Waals surface area (Å²) < 4.78 is 1.91. The number of carbonyl (C=O) groups is 1. The van der Waals surface area contributed by atoms with Crippen molar-refractivity contribution in [2.24, 2.45) is 0 Å². The molecular formula is C21H20N4OS. The van der Waals surface area contributed by atoms with Gasteiger partial charge in [0.05, 0.1) is 17.8 Å². The third kappa shape index (κ3) is 4.06. The summed E-state index contributed by atoms with van der Waals surface area (Å²) in [5, 5.41) is 5.45. The fourth-order valence-electron chi connectivity index (χ4n) is 2.99. The maximum Gasteiger partial charge on any atom is 0.232 e. The van der Waals surface area contributed by atoms with Crippen LogP contribution < -0.4 is 5.32 Å². The number of carbonyl (C=O) groups excluding carboxylic acids is 1. The summed E-state index contributed by atoms with van der Waals surface area (Å²) in [5.74, 6) is -0.113. The van der Waals surface area contributed by atoms with Crippen LogP contribution in [0.1, 0.15) is 24.6 Å². The van der Waals surface area contributed by atoms with Crippen molar-refractivity contribution in [3.8, 4) is 11.3 Å². The van der Waals surface area contributed by atoms with Crippen LogP contribution in [0.2, 0.25) is 0 Å². The van der Waals surface area contributed by atoms with Crippen LogP contribution >= 0.6 is 11.3 Å². The fourth-order valence-corrected chi connectivity index (χ4v) is 3.73. The molecule has 0 saturated heterocycles. The van der Waals surface area contributed by atoms with Gasteiger partial charge in [0.15, 0.2) is 5.13 Å². The minimum absolute atomic E-state index is 0.113. The average Bonchev–Trinajstić information content (AvgIpc) is 3.29. The maximum atomic E-state index is 12.3. The van der Waals surface area contributed by atoms with E-state index in [2.05, 4.69) is 46.5 Å². The Morgan fingerprint density at radius 1 is 1.15 bits per heavy atom. The van der Waals surface area contributed by atoms with E-state index < -0.39 is 0 Å². The van der Waals surface area contributed by atoms with Gasteiger partial charge in [-0.05, 0) is 24.1 Å². The Kier molecular flexibility index (Phi) is 4.98. The summed E-state index contributed by atoms with van der Waals surface area (Å²) in [6, 6.07) is 14.2. The molecule has 6 heteroatoms. The van der Waals surface area contributed by atoms with Crippen molar-refractivity contribution in [3.63, 3.8) is 0 Å². The molecule has 3 heterocycles. The topological polar surface area (TPSA) is 59.3 Å². The quantitative estimate of drug-likeness (QED) is 0.535. The maximum absolute atomic E-state index is 12.3. The normalized spacial score (nSPS) is 11.0. The first-order chi connectivity index (χ1) is 13.2. The summed E-state index contributed by atoms with van der Waals surface area (Å²) in [5.41, 5.74) is 4.85. The Bertz CT molecular complexity index is 1030. The minimum atomic E-state index is -0.113. The van der Waals surface area contributed by atoms with Crippen molar-refractivity contribution in [2.45, 2.75) is 26.2 Å². The highest BCUT2D eigenvalue weighted by Gasteiger charge is 2.11. The van der Waals surface area contributed by atoms with Gasteiger partial charge in [-0.2, -0.15) is 0 Å². The van der Waals surface area contributed by atoms with Gasteiger partial charge < -0.3 is 9.72 Å². The summed E-state index contributed by atoms with van der Waals surface area (Å²) in [6.07, 6.45) is 6.24. The van der Waals surface area contributed by atoms with Crippen LogP contribution in [0.5, 0.6) is 0 Å². The number of nitrogens with zero attached hydrogens (tertiary/aromatic N) is 3. The third-order valence-corrected chi connectivity index (χ3v) is 5.05. The largest absolute Gasteiger partial charge is 0.307 e. The molecule has 0 aliphatic carbocycles. The van der Waals surface area contributed by atoms with Crippen LogP contribution in [0.3, 0.4) is 0 Å². The summed E-state index contributed by atoms with van der Waals surface area (Å²) in [4.78, 5) is 21.3. The van der Waals surface area contributed by atoms with Crippen molar-refractivity contribution < 1.29 is 4.79 Å². The van der Waals surface area contributed by atoms with Gasteiger partial charge in [-0.3, -0.25) is 4.79 Å². The van der Waals surface area contributed by atoms with Crippen LogP contribution in [0, 0.1) is 0 Å². The van der Waals surface area contributed by atoms with Crippen molar-refractivity contribution in [3.05, 3.63) is 71.5 Å². The van der Waals surface area contributed by atoms with Crippen LogP contribution in [0.15, 0.2) is 60.2 Å². The van der Waals surface area contributed by atoms with Crippen LogP contribution in [-0.2, 0) is 17.6 Å². The van der Waals surface area contributed by atoms with Gasteiger partial charge in [-0.1, -0.05) is 43.7 Å². The summed E-state index contributed by atoms with van der Waals surface area (Å²) in [7, 11) is 0. The van der Waals surface area contributed by atoms with E-state index in [1.165, 1.54) is 16.9 Å². The fraction of sp³-hybridized carbons (Fsp3) is 0.190. The first-order valence-electron chi connectivity index (χ1n) is 8.98. The van der Waals surface area contributed by atoms with Crippen molar-refractivity contribution in [2.75, 3.05) is 5.32 Å². The number of hydrogen-bond acceptors (Lipinski definition) is 4. The monoisotopic (exact) mass is 376 g/mol. The van der Waals surface area contributed by atoms with Crippen molar-refractivity contribution in [1.82, 2.24) is 14.4 Å². The smallest absolute Gasteiger partial charge is 0.232 e. The Morgan fingerprint density at radius 3 is 2.78 bits per heavy atom. The van der Waals surface area contributed by atoms with Gasteiger partial charge in [0.25, 0.3) is 0 Å². The Morgan fingerprint density at radius 2 is 2.00 bits per heavy atom. The summed E-state index contributed by atoms with van der Waals surface area (Å²) >= 11 is 1.43. The molecule has 27 heavy (non-hydrogen) atoms. The molecule has 3 aromatic heterocycles. The lowest BCUT2D eigenvalue weighted by Gasteiger charge is -2.01. The Balaban J connectivity index is 1.41. The van der Waals surface area contributed by atoms with E-state index in [1.54, 1.807) is 0 Å². The predicted molar refractivity (Wildman–Crippen MR) is 109 cm³/mol. The second kappa shape index (κ2) is 7.72. The molecule has 0 bridgehead atoms. The molecule has 0 aliphatic heterocycles. The molecule has 1 aromatic carbocycles. The molecule has 0 spiro atoms. The molecule has 0 saturated carbocycles. The lowest BCUT2D eigenvalue weighted by Crippen LogP contribution is -2.14. The van der Waals surface area contributed by atoms with Gasteiger partial charge in [0, 0.05) is 23.3 Å². The van der Waals surface area contributed by atoms with E-state index in [0.717, 1.165) is 35.4 Å². The molecule has 0 atom stereocenters. The molecule has 1 N–H and O–H groups in total. The summed E-state index contributed by atoms with van der Waals surface area (Å²) in [6.45, 7) is 2.18. The molecule has 5 nitrogen and oxygen atoms in total. The number of pyridine rings is 1. The molecule has 136 valence electrons. The number of hydrogen-bond donors (Lipinski definition) is 1. The van der Waals surface area contributed by atoms with E-state index >= 15 is 0 Å². The predicted octanol–water partition coefficient (Wildman–Crippen LogP) is 4.59. The van der Waals surface area contributed by atoms with Gasteiger partial charge in [0.1, 0.15) is 5.65 Å². The third-order valence-electron chi connectivity index (χ3n) is 4.29. The Labute approximate surface area is 161 Å². The lowest BCUT2D eigenvalue weighted by molar-refractivity contribution is -0.115. The number of nitrogens with one attached hydrogen (secondary N) is 1. The average molecular weight is 376 g/mol. The number of imidazole rings is 1. The van der Waals surface area contributed by atoms with Crippen molar-refractivity contribution >= 4 is 28.0 Å². The molecule has 4 rings (SSSR count). The number of anilines is 1. The zero-order chi connectivity index (χ0) is 18.6. The van der Waals surface area contributed by atoms with Crippen LogP contribution in [0.4, 0.5) is 5.13 Å². The van der Waals surface area contributed by atoms with Crippen molar-refractivity contribution in [1.29, 1.82) is 0 Å². The SMILES string of the molecule is CCCc1ccc(-c2csc(NC(=O)Cc3cn4ccccc4n3)n2)cc1.